The van der Waals surface area contributed by atoms with E-state index in [1.807, 2.05) is 0 Å². The van der Waals surface area contributed by atoms with Gasteiger partial charge in [-0.25, -0.2) is 8.42 Å². The molecule has 1 saturated heterocycles. The van der Waals surface area contributed by atoms with Gasteiger partial charge in [0.15, 0.2) is 0 Å². The SMILES string of the molecule is O=C(O)CC1CCN(S(=O)(=O)c2cc(Cl)c(Br)s2)CC1. The Balaban J connectivity index is 2.07. The van der Waals surface area contributed by atoms with E-state index in [4.69, 9.17) is 16.7 Å². The fourth-order valence-corrected chi connectivity index (χ4v) is 6.21. The Morgan fingerprint density at radius 1 is 1.50 bits per heavy atom. The van der Waals surface area contributed by atoms with Crippen molar-refractivity contribution in [3.05, 3.63) is 14.9 Å². The van der Waals surface area contributed by atoms with Crippen LogP contribution in [0.4, 0.5) is 0 Å². The van der Waals surface area contributed by atoms with Crippen LogP contribution in [0.5, 0.6) is 0 Å². The molecule has 0 amide bonds. The smallest absolute Gasteiger partial charge is 0.303 e. The van der Waals surface area contributed by atoms with Crippen LogP contribution < -0.4 is 0 Å². The molecular weight excluding hydrogens is 390 g/mol. The fourth-order valence-electron chi connectivity index (χ4n) is 2.18. The fraction of sp³-hybridized carbons (Fsp3) is 0.545. The maximum Gasteiger partial charge on any atom is 0.303 e. The maximum atomic E-state index is 12.4. The third kappa shape index (κ3) is 3.54. The number of hydrogen-bond acceptors (Lipinski definition) is 4. The molecule has 0 spiro atoms. The minimum absolute atomic E-state index is 0.0533. The molecule has 2 heterocycles. The van der Waals surface area contributed by atoms with Gasteiger partial charge in [0, 0.05) is 19.5 Å². The van der Waals surface area contributed by atoms with Crippen LogP contribution in [-0.4, -0.2) is 36.9 Å². The summed E-state index contributed by atoms with van der Waals surface area (Å²) in [6, 6.07) is 1.44. The molecule has 0 atom stereocenters. The molecule has 0 radical (unpaired) electrons. The number of carboxylic acids is 1. The second-order valence-corrected chi connectivity index (χ2v) is 9.57. The molecule has 112 valence electrons. The van der Waals surface area contributed by atoms with Crippen LogP contribution in [-0.2, 0) is 14.8 Å². The number of aliphatic carboxylic acids is 1. The summed E-state index contributed by atoms with van der Waals surface area (Å²) in [5.74, 6) is -0.780. The molecule has 1 aromatic heterocycles. The lowest BCUT2D eigenvalue weighted by atomic mass is 9.95. The van der Waals surface area contributed by atoms with E-state index in [1.165, 1.54) is 10.4 Å². The molecule has 1 N–H and O–H groups in total. The molecule has 5 nitrogen and oxygen atoms in total. The highest BCUT2D eigenvalue weighted by Crippen LogP contribution is 2.37. The molecule has 2 rings (SSSR count). The molecule has 0 bridgehead atoms. The van der Waals surface area contributed by atoms with Crippen molar-refractivity contribution in [1.82, 2.24) is 4.31 Å². The number of carbonyl (C=O) groups is 1. The summed E-state index contributed by atoms with van der Waals surface area (Å²) in [5, 5.41) is 9.14. The summed E-state index contributed by atoms with van der Waals surface area (Å²) in [6.45, 7) is 0.709. The highest BCUT2D eigenvalue weighted by Gasteiger charge is 2.31. The van der Waals surface area contributed by atoms with Gasteiger partial charge in [-0.1, -0.05) is 11.6 Å². The number of hydrogen-bond donors (Lipinski definition) is 1. The Kier molecular flexibility index (Phi) is 5.12. The van der Waals surface area contributed by atoms with Gasteiger partial charge in [-0.05, 0) is 40.8 Å². The zero-order chi connectivity index (χ0) is 14.9. The first-order chi connectivity index (χ1) is 9.30. The largest absolute Gasteiger partial charge is 0.481 e. The normalized spacial score (nSPS) is 18.3. The first-order valence-electron chi connectivity index (χ1n) is 5.97. The average molecular weight is 403 g/mol. The van der Waals surface area contributed by atoms with Crippen LogP contribution in [0.3, 0.4) is 0 Å². The van der Waals surface area contributed by atoms with Gasteiger partial charge in [-0.3, -0.25) is 4.79 Å². The van der Waals surface area contributed by atoms with Crippen molar-refractivity contribution in [1.29, 1.82) is 0 Å². The van der Waals surface area contributed by atoms with E-state index >= 15 is 0 Å². The average Bonchev–Trinajstić information content (AvgIpc) is 2.70. The molecule has 0 aromatic carbocycles. The lowest BCUT2D eigenvalue weighted by molar-refractivity contribution is -0.138. The summed E-state index contributed by atoms with van der Waals surface area (Å²) in [5.41, 5.74) is 0. The second kappa shape index (κ2) is 6.31. The van der Waals surface area contributed by atoms with Crippen molar-refractivity contribution in [2.75, 3.05) is 13.1 Å². The van der Waals surface area contributed by atoms with Crippen molar-refractivity contribution in [2.24, 2.45) is 5.92 Å². The van der Waals surface area contributed by atoms with Gasteiger partial charge in [0.1, 0.15) is 4.21 Å². The van der Waals surface area contributed by atoms with Crippen molar-refractivity contribution in [3.63, 3.8) is 0 Å². The van der Waals surface area contributed by atoms with Crippen LogP contribution >= 0.6 is 38.9 Å². The van der Waals surface area contributed by atoms with Crippen LogP contribution in [0.25, 0.3) is 0 Å². The predicted octanol–water partition coefficient (Wildman–Crippen LogP) is 3.04. The van der Waals surface area contributed by atoms with E-state index in [2.05, 4.69) is 15.9 Å². The number of carboxylic acid groups (broad SMARTS) is 1. The monoisotopic (exact) mass is 401 g/mol. The Morgan fingerprint density at radius 3 is 2.55 bits per heavy atom. The maximum absolute atomic E-state index is 12.4. The van der Waals surface area contributed by atoms with Gasteiger partial charge in [0.05, 0.1) is 8.81 Å². The third-order valence-corrected chi connectivity index (χ3v) is 8.08. The summed E-state index contributed by atoms with van der Waals surface area (Å²) in [6.07, 6.45) is 1.25. The molecule has 1 aliphatic rings. The first-order valence-corrected chi connectivity index (χ1v) is 9.40. The number of nitrogens with zero attached hydrogens (tertiary/aromatic N) is 1. The van der Waals surface area contributed by atoms with E-state index in [0.717, 1.165) is 11.3 Å². The highest BCUT2D eigenvalue weighted by molar-refractivity contribution is 9.11. The molecule has 0 unspecified atom stereocenters. The molecule has 1 fully saturated rings. The first kappa shape index (κ1) is 16.2. The van der Waals surface area contributed by atoms with Crippen molar-refractivity contribution >= 4 is 54.9 Å². The Bertz CT molecular complexity index is 588. The number of rotatable bonds is 4. The van der Waals surface area contributed by atoms with Crippen molar-refractivity contribution < 1.29 is 18.3 Å². The zero-order valence-corrected chi connectivity index (χ0v) is 14.4. The predicted molar refractivity (Wildman–Crippen MR) is 80.8 cm³/mol. The minimum Gasteiger partial charge on any atom is -0.481 e. The summed E-state index contributed by atoms with van der Waals surface area (Å²) in [7, 11) is -3.53. The Morgan fingerprint density at radius 2 is 2.10 bits per heavy atom. The van der Waals surface area contributed by atoms with E-state index in [-0.39, 0.29) is 16.5 Å². The van der Waals surface area contributed by atoms with Gasteiger partial charge in [-0.2, -0.15) is 4.31 Å². The van der Waals surface area contributed by atoms with Crippen molar-refractivity contribution in [3.8, 4) is 0 Å². The Hall–Kier alpha value is -0.150. The van der Waals surface area contributed by atoms with Gasteiger partial charge in [0.25, 0.3) is 10.0 Å². The Labute approximate surface area is 134 Å². The topological polar surface area (TPSA) is 74.7 Å². The van der Waals surface area contributed by atoms with E-state index in [9.17, 15) is 13.2 Å². The van der Waals surface area contributed by atoms with Gasteiger partial charge < -0.3 is 5.11 Å². The molecule has 1 aliphatic heterocycles. The molecule has 9 heteroatoms. The standard InChI is InChI=1S/C11H13BrClNO4S2/c12-11-8(13)6-10(19-11)20(17,18)14-3-1-7(2-4-14)5-9(15)16/h6-7H,1-5H2,(H,15,16). The second-order valence-electron chi connectivity index (χ2n) is 4.63. The van der Waals surface area contributed by atoms with Crippen LogP contribution in [0.15, 0.2) is 14.1 Å². The quantitative estimate of drug-likeness (QED) is 0.840. The van der Waals surface area contributed by atoms with Crippen LogP contribution in [0.1, 0.15) is 19.3 Å². The summed E-state index contributed by atoms with van der Waals surface area (Å²) in [4.78, 5) is 10.7. The van der Waals surface area contributed by atoms with Crippen LogP contribution in [0.2, 0.25) is 5.02 Å². The van der Waals surface area contributed by atoms with Gasteiger partial charge >= 0.3 is 5.97 Å². The van der Waals surface area contributed by atoms with E-state index < -0.39 is 16.0 Å². The van der Waals surface area contributed by atoms with E-state index in [0.29, 0.717) is 34.7 Å². The number of piperidine rings is 1. The molecule has 20 heavy (non-hydrogen) atoms. The number of sulfonamides is 1. The molecule has 0 aliphatic carbocycles. The number of thiophene rings is 1. The van der Waals surface area contributed by atoms with Crippen LogP contribution in [0, 0.1) is 5.92 Å². The zero-order valence-electron chi connectivity index (χ0n) is 10.4. The van der Waals surface area contributed by atoms with E-state index in [1.54, 1.807) is 0 Å². The van der Waals surface area contributed by atoms with Gasteiger partial charge in [0.2, 0.25) is 0 Å². The lowest BCUT2D eigenvalue weighted by Crippen LogP contribution is -2.38. The summed E-state index contributed by atoms with van der Waals surface area (Å²) < 4.78 is 27.1. The molecule has 1 aromatic rings. The molecular formula is C11H13BrClNO4S2. The van der Waals surface area contributed by atoms with Crippen molar-refractivity contribution in [2.45, 2.75) is 23.5 Å². The summed E-state index contributed by atoms with van der Waals surface area (Å²) >= 11 is 10.2. The van der Waals surface area contributed by atoms with Gasteiger partial charge in [-0.15, -0.1) is 11.3 Å². The minimum atomic E-state index is -3.53. The highest BCUT2D eigenvalue weighted by atomic mass is 79.9. The molecule has 0 saturated carbocycles. The lowest BCUT2D eigenvalue weighted by Gasteiger charge is -2.30. The third-order valence-electron chi connectivity index (χ3n) is 3.25. The number of halogens is 2.